The first-order valence-corrected chi connectivity index (χ1v) is 11.1. The first-order chi connectivity index (χ1) is 13.2. The molecular weight excluding hydrogens is 324 g/mol. The summed E-state index contributed by atoms with van der Waals surface area (Å²) in [5.41, 5.74) is 12.3. The number of fused-ring (bicyclic) bond motifs is 2. The van der Waals surface area contributed by atoms with Crippen LogP contribution < -0.4 is 0 Å². The molecule has 2 aromatic carbocycles. The van der Waals surface area contributed by atoms with Gasteiger partial charge in [-0.1, -0.05) is 65.9 Å². The highest BCUT2D eigenvalue weighted by atomic mass is 14.3. The second-order valence-corrected chi connectivity index (χ2v) is 9.42. The van der Waals surface area contributed by atoms with Crippen LogP contribution in [0.1, 0.15) is 78.3 Å². The van der Waals surface area contributed by atoms with Crippen molar-refractivity contribution in [1.82, 2.24) is 0 Å². The van der Waals surface area contributed by atoms with Crippen LogP contribution in [0.15, 0.2) is 42.0 Å². The van der Waals surface area contributed by atoms with Gasteiger partial charge in [0.15, 0.2) is 0 Å². The molecule has 0 bridgehead atoms. The van der Waals surface area contributed by atoms with Crippen LogP contribution in [0.25, 0.3) is 5.57 Å². The molecule has 0 atom stereocenters. The number of rotatable bonds is 2. The summed E-state index contributed by atoms with van der Waals surface area (Å²) in [6.07, 6.45) is 12.3. The monoisotopic (exact) mass is 356 g/mol. The second kappa shape index (κ2) is 6.97. The first kappa shape index (κ1) is 17.3. The summed E-state index contributed by atoms with van der Waals surface area (Å²) >= 11 is 0. The molecule has 2 aromatic rings. The average molecular weight is 357 g/mol. The van der Waals surface area contributed by atoms with Crippen LogP contribution in [0.5, 0.6) is 0 Å². The van der Waals surface area contributed by atoms with E-state index in [1.165, 1.54) is 80.0 Å². The van der Waals surface area contributed by atoms with Gasteiger partial charge in [-0.15, -0.1) is 0 Å². The van der Waals surface area contributed by atoms with Crippen LogP contribution in [0, 0.1) is 25.7 Å². The molecule has 0 N–H and O–H groups in total. The Bertz CT molecular complexity index is 884. The smallest absolute Gasteiger partial charge is 0.0114 e. The zero-order valence-corrected chi connectivity index (χ0v) is 17.0. The Hall–Kier alpha value is -1.82. The van der Waals surface area contributed by atoms with Crippen molar-refractivity contribution in [3.8, 4) is 0 Å². The highest BCUT2D eigenvalue weighted by molar-refractivity contribution is 5.86. The lowest BCUT2D eigenvalue weighted by Crippen LogP contribution is -2.11. The summed E-state index contributed by atoms with van der Waals surface area (Å²) in [4.78, 5) is 0. The summed E-state index contributed by atoms with van der Waals surface area (Å²) in [6, 6.07) is 14.3. The summed E-state index contributed by atoms with van der Waals surface area (Å²) in [5, 5.41) is 0. The van der Waals surface area contributed by atoms with E-state index in [2.05, 4.69) is 50.2 Å². The molecule has 0 saturated heterocycles. The number of benzene rings is 2. The Morgan fingerprint density at radius 3 is 2.11 bits per heavy atom. The predicted octanol–water partition coefficient (Wildman–Crippen LogP) is 7.19. The summed E-state index contributed by atoms with van der Waals surface area (Å²) in [6.45, 7) is 4.48. The van der Waals surface area contributed by atoms with Crippen molar-refractivity contribution in [2.75, 3.05) is 0 Å². The number of aryl methyl sites for hydroxylation is 4. The molecule has 0 radical (unpaired) electrons. The van der Waals surface area contributed by atoms with Crippen LogP contribution in [0.3, 0.4) is 0 Å². The minimum absolute atomic E-state index is 0.988. The van der Waals surface area contributed by atoms with E-state index in [9.17, 15) is 0 Å². The predicted molar refractivity (Wildman–Crippen MR) is 115 cm³/mol. The molecule has 0 aliphatic heterocycles. The Morgan fingerprint density at radius 1 is 0.667 bits per heavy atom. The summed E-state index contributed by atoms with van der Waals surface area (Å²) < 4.78 is 0. The van der Waals surface area contributed by atoms with Gasteiger partial charge in [0, 0.05) is 0 Å². The fourth-order valence-electron chi connectivity index (χ4n) is 5.45. The molecule has 3 aliphatic rings. The quantitative estimate of drug-likeness (QED) is 0.534. The van der Waals surface area contributed by atoms with Crippen molar-refractivity contribution in [2.45, 2.75) is 71.6 Å². The highest BCUT2D eigenvalue weighted by Crippen LogP contribution is 2.45. The zero-order chi connectivity index (χ0) is 18.4. The molecule has 0 aromatic heterocycles. The van der Waals surface area contributed by atoms with Gasteiger partial charge in [0.25, 0.3) is 0 Å². The van der Waals surface area contributed by atoms with Gasteiger partial charge in [0.05, 0.1) is 0 Å². The number of hydrogen-bond donors (Lipinski definition) is 0. The van der Waals surface area contributed by atoms with Crippen molar-refractivity contribution in [3.63, 3.8) is 0 Å². The molecule has 27 heavy (non-hydrogen) atoms. The normalized spacial score (nSPS) is 22.2. The Kier molecular flexibility index (Phi) is 4.46. The van der Waals surface area contributed by atoms with Crippen molar-refractivity contribution in [3.05, 3.63) is 75.4 Å². The lowest BCUT2D eigenvalue weighted by Gasteiger charge is -2.27. The molecular formula is C27H32. The highest BCUT2D eigenvalue weighted by Gasteiger charge is 2.29. The SMILES string of the molecule is Cc1ccc2c(c1)CCc1ccc(C)cc1C2=C1CCC(CC2CC2)CC1. The van der Waals surface area contributed by atoms with Gasteiger partial charge >= 0.3 is 0 Å². The summed E-state index contributed by atoms with van der Waals surface area (Å²) in [5.74, 6) is 2.07. The molecule has 0 heterocycles. The third-order valence-corrected chi connectivity index (χ3v) is 7.15. The summed E-state index contributed by atoms with van der Waals surface area (Å²) in [7, 11) is 0. The molecule has 140 valence electrons. The molecule has 0 heteroatoms. The van der Waals surface area contributed by atoms with Crippen molar-refractivity contribution < 1.29 is 0 Å². The maximum absolute atomic E-state index is 2.46. The Balaban J connectivity index is 1.58. The lowest BCUT2D eigenvalue weighted by molar-refractivity contribution is 0.366. The van der Waals surface area contributed by atoms with E-state index in [0.717, 1.165) is 11.8 Å². The average Bonchev–Trinajstić information content (AvgIpc) is 3.49. The lowest BCUT2D eigenvalue weighted by atomic mass is 9.78. The van der Waals surface area contributed by atoms with Crippen molar-refractivity contribution >= 4 is 5.57 Å². The topological polar surface area (TPSA) is 0 Å². The van der Waals surface area contributed by atoms with E-state index in [1.807, 2.05) is 0 Å². The van der Waals surface area contributed by atoms with Crippen molar-refractivity contribution in [1.29, 1.82) is 0 Å². The molecule has 0 nitrogen and oxygen atoms in total. The fraction of sp³-hybridized carbons (Fsp3) is 0.481. The van der Waals surface area contributed by atoms with E-state index in [0.29, 0.717) is 0 Å². The van der Waals surface area contributed by atoms with E-state index in [-0.39, 0.29) is 0 Å². The Labute approximate surface area is 164 Å². The van der Waals surface area contributed by atoms with E-state index in [1.54, 1.807) is 22.3 Å². The van der Waals surface area contributed by atoms with Crippen LogP contribution >= 0.6 is 0 Å². The van der Waals surface area contributed by atoms with E-state index in [4.69, 9.17) is 0 Å². The van der Waals surface area contributed by atoms with Gasteiger partial charge in [-0.05, 0) is 98.5 Å². The van der Waals surface area contributed by atoms with Crippen molar-refractivity contribution in [2.24, 2.45) is 11.8 Å². The molecule has 0 amide bonds. The fourth-order valence-corrected chi connectivity index (χ4v) is 5.45. The third-order valence-electron chi connectivity index (χ3n) is 7.15. The van der Waals surface area contributed by atoms with Gasteiger partial charge in [-0.3, -0.25) is 0 Å². The maximum atomic E-state index is 2.46. The van der Waals surface area contributed by atoms with Crippen LogP contribution in [0.2, 0.25) is 0 Å². The van der Waals surface area contributed by atoms with E-state index < -0.39 is 0 Å². The van der Waals surface area contributed by atoms with E-state index >= 15 is 0 Å². The molecule has 0 unspecified atom stereocenters. The molecule has 3 aliphatic carbocycles. The molecule has 2 saturated carbocycles. The molecule has 0 spiro atoms. The van der Waals surface area contributed by atoms with Crippen LogP contribution in [-0.2, 0) is 12.8 Å². The van der Waals surface area contributed by atoms with Gasteiger partial charge in [-0.2, -0.15) is 0 Å². The zero-order valence-electron chi connectivity index (χ0n) is 17.0. The minimum Gasteiger partial charge on any atom is -0.0617 e. The molecule has 5 rings (SSSR count). The third kappa shape index (κ3) is 3.51. The maximum Gasteiger partial charge on any atom is -0.0114 e. The van der Waals surface area contributed by atoms with Gasteiger partial charge < -0.3 is 0 Å². The second-order valence-electron chi connectivity index (χ2n) is 9.42. The van der Waals surface area contributed by atoms with Gasteiger partial charge in [0.1, 0.15) is 0 Å². The number of hydrogen-bond acceptors (Lipinski definition) is 0. The van der Waals surface area contributed by atoms with Crippen LogP contribution in [-0.4, -0.2) is 0 Å². The van der Waals surface area contributed by atoms with Gasteiger partial charge in [-0.25, -0.2) is 0 Å². The molecule has 2 fully saturated rings. The minimum atomic E-state index is 0.988. The first-order valence-electron chi connectivity index (χ1n) is 11.1. The largest absolute Gasteiger partial charge is 0.0617 e. The van der Waals surface area contributed by atoms with Gasteiger partial charge in [0.2, 0.25) is 0 Å². The van der Waals surface area contributed by atoms with Crippen LogP contribution in [0.4, 0.5) is 0 Å². The standard InChI is InChI=1S/C27H32/c1-18-4-14-25-24(15-18)13-12-22-9-3-19(2)16-26(22)27(25)23-10-7-21(8-11-23)17-20-5-6-20/h3-4,9,14-16,20-21H,5-8,10-13,17H2,1-2H3. The number of allylic oxidation sites excluding steroid dienone is 1. The Morgan fingerprint density at radius 2 is 1.33 bits per heavy atom.